The molecule has 0 amide bonds. The molecule has 1 atom stereocenters. The van der Waals surface area contributed by atoms with Gasteiger partial charge in [-0.3, -0.25) is 0 Å². The van der Waals surface area contributed by atoms with Gasteiger partial charge in [0, 0.05) is 33.4 Å². The normalized spacial score (nSPS) is 20.0. The van der Waals surface area contributed by atoms with Crippen molar-refractivity contribution < 1.29 is 4.74 Å². The van der Waals surface area contributed by atoms with E-state index in [1.807, 2.05) is 20.2 Å². The van der Waals surface area contributed by atoms with Crippen molar-refractivity contribution in [3.63, 3.8) is 0 Å². The Hall–Kier alpha value is -1.36. The van der Waals surface area contributed by atoms with E-state index in [0.29, 0.717) is 12.1 Å². The lowest BCUT2D eigenvalue weighted by atomic mass is 10.1. The fourth-order valence-electron chi connectivity index (χ4n) is 2.03. The first kappa shape index (κ1) is 12.1. The molecule has 1 fully saturated rings. The van der Waals surface area contributed by atoms with Crippen molar-refractivity contribution in [3.8, 4) is 0 Å². The van der Waals surface area contributed by atoms with Gasteiger partial charge in [0.25, 0.3) is 0 Å². The smallest absolute Gasteiger partial charge is 0.224 e. The van der Waals surface area contributed by atoms with E-state index >= 15 is 0 Å². The number of hydrogen-bond acceptors (Lipinski definition) is 5. The molecular formula is C12H20N4O. The number of nitrogens with one attached hydrogen (secondary N) is 1. The summed E-state index contributed by atoms with van der Waals surface area (Å²) in [4.78, 5) is 10.6. The molecule has 2 rings (SSSR count). The Morgan fingerprint density at radius 1 is 1.53 bits per heavy atom. The van der Waals surface area contributed by atoms with E-state index in [2.05, 4.69) is 20.2 Å². The Morgan fingerprint density at radius 3 is 3.12 bits per heavy atom. The Kier molecular flexibility index (Phi) is 4.14. The number of ether oxygens (including phenoxy) is 1. The van der Waals surface area contributed by atoms with Crippen LogP contribution >= 0.6 is 0 Å². The maximum atomic E-state index is 5.73. The third kappa shape index (κ3) is 3.30. The largest absolute Gasteiger partial charge is 0.376 e. The van der Waals surface area contributed by atoms with Gasteiger partial charge in [-0.25, -0.2) is 4.98 Å². The minimum Gasteiger partial charge on any atom is -0.376 e. The van der Waals surface area contributed by atoms with E-state index in [1.54, 1.807) is 6.20 Å². The molecule has 0 aromatic carbocycles. The van der Waals surface area contributed by atoms with Gasteiger partial charge >= 0.3 is 0 Å². The average molecular weight is 236 g/mol. The van der Waals surface area contributed by atoms with E-state index < -0.39 is 0 Å². The number of nitrogens with zero attached hydrogens (tertiary/aromatic N) is 3. The number of aromatic nitrogens is 2. The third-order valence-electron chi connectivity index (χ3n) is 3.01. The van der Waals surface area contributed by atoms with Gasteiger partial charge in [0.1, 0.15) is 5.82 Å². The van der Waals surface area contributed by atoms with Gasteiger partial charge < -0.3 is 15.0 Å². The summed E-state index contributed by atoms with van der Waals surface area (Å²) in [6.45, 7) is 1.78. The summed E-state index contributed by atoms with van der Waals surface area (Å²) < 4.78 is 5.73. The molecule has 1 unspecified atom stereocenters. The van der Waals surface area contributed by atoms with Crippen LogP contribution in [0.15, 0.2) is 12.3 Å². The van der Waals surface area contributed by atoms with Crippen molar-refractivity contribution in [2.75, 3.05) is 37.5 Å². The maximum Gasteiger partial charge on any atom is 0.224 e. The second-order valence-corrected chi connectivity index (χ2v) is 4.36. The fourth-order valence-corrected chi connectivity index (χ4v) is 2.03. The molecule has 0 aliphatic carbocycles. The van der Waals surface area contributed by atoms with Crippen LogP contribution in [-0.4, -0.2) is 43.3 Å². The molecule has 94 valence electrons. The molecular weight excluding hydrogens is 216 g/mol. The van der Waals surface area contributed by atoms with Gasteiger partial charge in [-0.1, -0.05) is 0 Å². The van der Waals surface area contributed by atoms with E-state index in [4.69, 9.17) is 4.74 Å². The molecule has 1 N–H and O–H groups in total. The minimum absolute atomic E-state index is 0.335. The van der Waals surface area contributed by atoms with Gasteiger partial charge in [0.15, 0.2) is 0 Å². The number of rotatable bonds is 4. The molecule has 2 heterocycles. The topological polar surface area (TPSA) is 50.3 Å². The number of likely N-dealkylation sites (N-methyl/N-ethyl adjacent to an activating group) is 1. The predicted octanol–water partition coefficient (Wildman–Crippen LogP) is 1.52. The SMILES string of the molecule is CNc1nccc(N(C)CC2CCCCO2)n1. The van der Waals surface area contributed by atoms with Crippen LogP contribution in [0.3, 0.4) is 0 Å². The van der Waals surface area contributed by atoms with Gasteiger partial charge in [-0.2, -0.15) is 4.98 Å². The van der Waals surface area contributed by atoms with Gasteiger partial charge in [0.05, 0.1) is 6.10 Å². The summed E-state index contributed by atoms with van der Waals surface area (Å²) in [5, 5.41) is 2.95. The monoisotopic (exact) mass is 236 g/mol. The third-order valence-corrected chi connectivity index (χ3v) is 3.01. The fraction of sp³-hybridized carbons (Fsp3) is 0.667. The summed E-state index contributed by atoms with van der Waals surface area (Å²) in [5.74, 6) is 1.58. The molecule has 1 aliphatic rings. The Bertz CT molecular complexity index is 352. The summed E-state index contributed by atoms with van der Waals surface area (Å²) in [6, 6.07) is 1.92. The lowest BCUT2D eigenvalue weighted by molar-refractivity contribution is 0.0215. The quantitative estimate of drug-likeness (QED) is 0.859. The zero-order valence-electron chi connectivity index (χ0n) is 10.5. The number of anilines is 2. The Balaban J connectivity index is 1.95. The lowest BCUT2D eigenvalue weighted by Crippen LogP contribution is -2.33. The highest BCUT2D eigenvalue weighted by Crippen LogP contribution is 2.16. The minimum atomic E-state index is 0.335. The van der Waals surface area contributed by atoms with Crippen molar-refractivity contribution in [1.29, 1.82) is 0 Å². The average Bonchev–Trinajstić information content (AvgIpc) is 2.40. The molecule has 5 heteroatoms. The van der Waals surface area contributed by atoms with E-state index in [-0.39, 0.29) is 0 Å². The highest BCUT2D eigenvalue weighted by molar-refractivity contribution is 5.41. The highest BCUT2D eigenvalue weighted by Gasteiger charge is 2.16. The van der Waals surface area contributed by atoms with Crippen LogP contribution in [0, 0.1) is 0 Å². The Morgan fingerprint density at radius 2 is 2.41 bits per heavy atom. The summed E-state index contributed by atoms with van der Waals surface area (Å²) in [5.41, 5.74) is 0. The van der Waals surface area contributed by atoms with Crippen LogP contribution in [0.4, 0.5) is 11.8 Å². The van der Waals surface area contributed by atoms with Crippen molar-refractivity contribution >= 4 is 11.8 Å². The Labute approximate surface area is 102 Å². The van der Waals surface area contributed by atoms with Gasteiger partial charge in [-0.15, -0.1) is 0 Å². The van der Waals surface area contributed by atoms with E-state index in [1.165, 1.54) is 12.8 Å². The van der Waals surface area contributed by atoms with Gasteiger partial charge in [-0.05, 0) is 25.3 Å². The lowest BCUT2D eigenvalue weighted by Gasteiger charge is -2.28. The maximum absolute atomic E-state index is 5.73. The molecule has 5 nitrogen and oxygen atoms in total. The van der Waals surface area contributed by atoms with Crippen molar-refractivity contribution in [2.24, 2.45) is 0 Å². The van der Waals surface area contributed by atoms with Crippen molar-refractivity contribution in [1.82, 2.24) is 9.97 Å². The molecule has 0 bridgehead atoms. The standard InChI is InChI=1S/C12H20N4O/c1-13-12-14-7-6-11(15-12)16(2)9-10-5-3-4-8-17-10/h6-7,10H,3-5,8-9H2,1-2H3,(H,13,14,15). The van der Waals surface area contributed by atoms with Crippen LogP contribution in [-0.2, 0) is 4.74 Å². The molecule has 1 saturated heterocycles. The molecule has 1 aliphatic heterocycles. The van der Waals surface area contributed by atoms with Crippen molar-refractivity contribution in [3.05, 3.63) is 12.3 Å². The van der Waals surface area contributed by atoms with E-state index in [9.17, 15) is 0 Å². The first-order valence-electron chi connectivity index (χ1n) is 6.13. The molecule has 0 saturated carbocycles. The molecule has 0 spiro atoms. The molecule has 1 aromatic heterocycles. The molecule has 0 radical (unpaired) electrons. The van der Waals surface area contributed by atoms with Gasteiger partial charge in [0.2, 0.25) is 5.95 Å². The second kappa shape index (κ2) is 5.82. The first-order valence-corrected chi connectivity index (χ1v) is 6.13. The number of hydrogen-bond donors (Lipinski definition) is 1. The van der Waals surface area contributed by atoms with E-state index in [0.717, 1.165) is 25.4 Å². The summed E-state index contributed by atoms with van der Waals surface area (Å²) in [7, 11) is 3.86. The first-order chi connectivity index (χ1) is 8.29. The predicted molar refractivity (Wildman–Crippen MR) is 68.4 cm³/mol. The second-order valence-electron chi connectivity index (χ2n) is 4.36. The highest BCUT2D eigenvalue weighted by atomic mass is 16.5. The van der Waals surface area contributed by atoms with Crippen LogP contribution in [0.1, 0.15) is 19.3 Å². The molecule has 1 aromatic rings. The van der Waals surface area contributed by atoms with Crippen LogP contribution in [0.25, 0.3) is 0 Å². The van der Waals surface area contributed by atoms with Crippen LogP contribution in [0.2, 0.25) is 0 Å². The zero-order valence-corrected chi connectivity index (χ0v) is 10.5. The van der Waals surface area contributed by atoms with Crippen LogP contribution < -0.4 is 10.2 Å². The summed E-state index contributed by atoms with van der Waals surface area (Å²) >= 11 is 0. The summed E-state index contributed by atoms with van der Waals surface area (Å²) in [6.07, 6.45) is 5.71. The van der Waals surface area contributed by atoms with Crippen LogP contribution in [0.5, 0.6) is 0 Å². The molecule has 17 heavy (non-hydrogen) atoms. The van der Waals surface area contributed by atoms with Crippen molar-refractivity contribution in [2.45, 2.75) is 25.4 Å². The zero-order chi connectivity index (χ0) is 12.1.